The quantitative estimate of drug-likeness (QED) is 0.781. The van der Waals surface area contributed by atoms with Crippen LogP contribution in [0.5, 0.6) is 0 Å². The number of carbonyl (C=O) groups excluding carboxylic acids is 3. The van der Waals surface area contributed by atoms with Crippen LogP contribution in [-0.4, -0.2) is 64.7 Å². The lowest BCUT2D eigenvalue weighted by Gasteiger charge is -2.34. The van der Waals surface area contributed by atoms with Crippen molar-refractivity contribution in [3.05, 3.63) is 35.0 Å². The highest BCUT2D eigenvalue weighted by molar-refractivity contribution is 6.35. The zero-order valence-corrected chi connectivity index (χ0v) is 15.5. The third-order valence-corrected chi connectivity index (χ3v) is 4.52. The minimum atomic E-state index is -0.604. The lowest BCUT2D eigenvalue weighted by Crippen LogP contribution is -2.54. The Labute approximate surface area is 156 Å². The lowest BCUT2D eigenvalue weighted by molar-refractivity contribution is -0.147. The van der Waals surface area contributed by atoms with Gasteiger partial charge in [0.05, 0.1) is 0 Å². The standard InChI is InChI=1S/C18H21ClN4O3/c1-11(2)20-16(24)18(26)23-7-5-22(6-8-23)17(25)15-10-12-9-13(19)3-4-14(12)21-15/h3-4,9-11,21H,5-8H2,1-2H3,(H,20,24). The molecule has 1 aliphatic rings. The third-order valence-electron chi connectivity index (χ3n) is 4.28. The molecule has 1 saturated heterocycles. The van der Waals surface area contributed by atoms with Gasteiger partial charge in [-0.3, -0.25) is 14.4 Å². The number of piperazine rings is 1. The van der Waals surface area contributed by atoms with Crippen molar-refractivity contribution in [1.29, 1.82) is 0 Å². The van der Waals surface area contributed by atoms with Crippen molar-refractivity contribution >= 4 is 40.2 Å². The first-order valence-electron chi connectivity index (χ1n) is 8.52. The molecule has 8 heteroatoms. The molecule has 1 aromatic carbocycles. The van der Waals surface area contributed by atoms with Crippen LogP contribution in [0.3, 0.4) is 0 Å². The molecule has 1 aromatic heterocycles. The number of rotatable bonds is 2. The Morgan fingerprint density at radius 3 is 2.38 bits per heavy atom. The summed E-state index contributed by atoms with van der Waals surface area (Å²) in [4.78, 5) is 42.9. The van der Waals surface area contributed by atoms with Gasteiger partial charge in [0.15, 0.2) is 0 Å². The highest BCUT2D eigenvalue weighted by Gasteiger charge is 2.28. The Morgan fingerprint density at radius 2 is 1.73 bits per heavy atom. The minimum Gasteiger partial charge on any atom is -0.351 e. The number of carbonyl (C=O) groups is 3. The third kappa shape index (κ3) is 3.83. The molecular formula is C18H21ClN4O3. The molecule has 0 radical (unpaired) electrons. The monoisotopic (exact) mass is 376 g/mol. The van der Waals surface area contributed by atoms with Crippen molar-refractivity contribution in [2.75, 3.05) is 26.2 Å². The second kappa shape index (κ2) is 7.37. The Morgan fingerprint density at radius 1 is 1.08 bits per heavy atom. The van der Waals surface area contributed by atoms with E-state index < -0.39 is 11.8 Å². The molecule has 0 unspecified atom stereocenters. The van der Waals surface area contributed by atoms with Crippen LogP contribution in [0.2, 0.25) is 5.02 Å². The van der Waals surface area contributed by atoms with E-state index >= 15 is 0 Å². The summed E-state index contributed by atoms with van der Waals surface area (Å²) >= 11 is 5.98. The molecule has 2 aromatic rings. The molecular weight excluding hydrogens is 356 g/mol. The van der Waals surface area contributed by atoms with Crippen LogP contribution in [0.15, 0.2) is 24.3 Å². The van der Waals surface area contributed by atoms with Gasteiger partial charge in [-0.2, -0.15) is 0 Å². The molecule has 0 aliphatic carbocycles. The number of H-pyrrole nitrogens is 1. The van der Waals surface area contributed by atoms with Crippen LogP contribution < -0.4 is 5.32 Å². The minimum absolute atomic E-state index is 0.0927. The molecule has 1 aliphatic heterocycles. The van der Waals surface area contributed by atoms with E-state index in [4.69, 9.17) is 11.6 Å². The maximum absolute atomic E-state index is 12.7. The first-order valence-corrected chi connectivity index (χ1v) is 8.90. The van der Waals surface area contributed by atoms with Gasteiger partial charge < -0.3 is 20.1 Å². The molecule has 2 heterocycles. The van der Waals surface area contributed by atoms with Crippen LogP contribution >= 0.6 is 11.6 Å². The molecule has 3 amide bonds. The Balaban J connectivity index is 1.62. The zero-order chi connectivity index (χ0) is 18.8. The second-order valence-electron chi connectivity index (χ2n) is 6.63. The van der Waals surface area contributed by atoms with Gasteiger partial charge in [-0.25, -0.2) is 0 Å². The highest BCUT2D eigenvalue weighted by atomic mass is 35.5. The normalized spacial score (nSPS) is 14.8. The summed E-state index contributed by atoms with van der Waals surface area (Å²) in [5.41, 5.74) is 1.33. The summed E-state index contributed by atoms with van der Waals surface area (Å²) in [7, 11) is 0. The summed E-state index contributed by atoms with van der Waals surface area (Å²) in [6, 6.07) is 7.08. The number of nitrogens with one attached hydrogen (secondary N) is 2. The highest BCUT2D eigenvalue weighted by Crippen LogP contribution is 2.21. The van der Waals surface area contributed by atoms with Crippen molar-refractivity contribution in [2.24, 2.45) is 0 Å². The van der Waals surface area contributed by atoms with Gasteiger partial charge in [0.2, 0.25) is 0 Å². The van der Waals surface area contributed by atoms with E-state index in [9.17, 15) is 14.4 Å². The number of fused-ring (bicyclic) bond motifs is 1. The molecule has 138 valence electrons. The van der Waals surface area contributed by atoms with Gasteiger partial charge >= 0.3 is 11.8 Å². The molecule has 1 fully saturated rings. The first kappa shape index (κ1) is 18.3. The van der Waals surface area contributed by atoms with Crippen LogP contribution in [0.25, 0.3) is 10.9 Å². The molecule has 0 atom stereocenters. The number of hydrogen-bond donors (Lipinski definition) is 2. The van der Waals surface area contributed by atoms with Gasteiger partial charge in [0.1, 0.15) is 5.69 Å². The number of amides is 3. The van der Waals surface area contributed by atoms with E-state index in [0.29, 0.717) is 36.9 Å². The van der Waals surface area contributed by atoms with Gasteiger partial charge in [0.25, 0.3) is 5.91 Å². The lowest BCUT2D eigenvalue weighted by atomic mass is 10.2. The van der Waals surface area contributed by atoms with Crippen LogP contribution in [-0.2, 0) is 9.59 Å². The number of nitrogens with zero attached hydrogens (tertiary/aromatic N) is 2. The average Bonchev–Trinajstić information content (AvgIpc) is 3.03. The van der Waals surface area contributed by atoms with Gasteiger partial charge in [-0.15, -0.1) is 0 Å². The van der Waals surface area contributed by atoms with E-state index in [2.05, 4.69) is 10.3 Å². The molecule has 0 spiro atoms. The van der Waals surface area contributed by atoms with Gasteiger partial charge in [-0.05, 0) is 38.1 Å². The van der Waals surface area contributed by atoms with E-state index in [1.54, 1.807) is 36.9 Å². The molecule has 2 N–H and O–H groups in total. The Hall–Kier alpha value is -2.54. The summed E-state index contributed by atoms with van der Waals surface area (Å²) in [6.07, 6.45) is 0. The van der Waals surface area contributed by atoms with Crippen molar-refractivity contribution in [1.82, 2.24) is 20.1 Å². The first-order chi connectivity index (χ1) is 12.3. The molecule has 0 bridgehead atoms. The number of aromatic nitrogens is 1. The fraction of sp³-hybridized carbons (Fsp3) is 0.389. The number of hydrogen-bond acceptors (Lipinski definition) is 3. The summed E-state index contributed by atoms with van der Waals surface area (Å²) in [5.74, 6) is -1.28. The predicted octanol–water partition coefficient (Wildman–Crippen LogP) is 1.63. The van der Waals surface area contributed by atoms with Gasteiger partial charge in [-0.1, -0.05) is 11.6 Å². The largest absolute Gasteiger partial charge is 0.351 e. The number of benzene rings is 1. The van der Waals surface area contributed by atoms with E-state index in [1.807, 2.05) is 6.07 Å². The fourth-order valence-electron chi connectivity index (χ4n) is 2.97. The van der Waals surface area contributed by atoms with Gasteiger partial charge in [0, 0.05) is 48.1 Å². The predicted molar refractivity (Wildman–Crippen MR) is 99.1 cm³/mol. The summed E-state index contributed by atoms with van der Waals surface area (Å²) in [6.45, 7) is 5.04. The van der Waals surface area contributed by atoms with Crippen LogP contribution in [0, 0.1) is 0 Å². The SMILES string of the molecule is CC(C)NC(=O)C(=O)N1CCN(C(=O)c2cc3cc(Cl)ccc3[nH]2)CC1. The molecule has 3 rings (SSSR count). The summed E-state index contributed by atoms with van der Waals surface area (Å²) in [5, 5.41) is 4.08. The van der Waals surface area contributed by atoms with Crippen molar-refractivity contribution in [2.45, 2.75) is 19.9 Å². The smallest absolute Gasteiger partial charge is 0.312 e. The van der Waals surface area contributed by atoms with Crippen molar-refractivity contribution in [3.63, 3.8) is 0 Å². The van der Waals surface area contributed by atoms with E-state index in [0.717, 1.165) is 10.9 Å². The Kier molecular flexibility index (Phi) is 5.18. The zero-order valence-electron chi connectivity index (χ0n) is 14.7. The summed E-state index contributed by atoms with van der Waals surface area (Å²) < 4.78 is 0. The molecule has 0 saturated carbocycles. The molecule has 26 heavy (non-hydrogen) atoms. The van der Waals surface area contributed by atoms with Crippen molar-refractivity contribution in [3.8, 4) is 0 Å². The topological polar surface area (TPSA) is 85.5 Å². The Bertz CT molecular complexity index is 853. The van der Waals surface area contributed by atoms with Crippen LogP contribution in [0.4, 0.5) is 0 Å². The maximum atomic E-state index is 12.7. The van der Waals surface area contributed by atoms with E-state index in [1.165, 1.54) is 4.90 Å². The molecule has 7 nitrogen and oxygen atoms in total. The van der Waals surface area contributed by atoms with E-state index in [-0.39, 0.29) is 11.9 Å². The number of aromatic amines is 1. The average molecular weight is 377 g/mol. The fourth-order valence-corrected chi connectivity index (χ4v) is 3.15. The maximum Gasteiger partial charge on any atom is 0.312 e. The van der Waals surface area contributed by atoms with Crippen LogP contribution in [0.1, 0.15) is 24.3 Å². The number of halogens is 1. The van der Waals surface area contributed by atoms with Crippen molar-refractivity contribution < 1.29 is 14.4 Å². The second-order valence-corrected chi connectivity index (χ2v) is 7.06.